The van der Waals surface area contributed by atoms with E-state index in [0.717, 1.165) is 35.2 Å². The highest BCUT2D eigenvalue weighted by Gasteiger charge is 2.53. The number of nitrogens with zero attached hydrogens (tertiary/aromatic N) is 1. The second kappa shape index (κ2) is 7.25. The van der Waals surface area contributed by atoms with Gasteiger partial charge in [0.15, 0.2) is 0 Å². The Morgan fingerprint density at radius 1 is 1.09 bits per heavy atom. The van der Waals surface area contributed by atoms with E-state index in [1.807, 2.05) is 53.4 Å². The molecule has 3 aromatic rings. The first kappa shape index (κ1) is 20.1. The average molecular weight is 447 g/mol. The summed E-state index contributed by atoms with van der Waals surface area (Å²) in [6.07, 6.45) is 2.13. The zero-order valence-corrected chi connectivity index (χ0v) is 18.4. The summed E-state index contributed by atoms with van der Waals surface area (Å²) in [6, 6.07) is 15.2. The zero-order chi connectivity index (χ0) is 22.6. The summed E-state index contributed by atoms with van der Waals surface area (Å²) in [7, 11) is 1.63. The van der Waals surface area contributed by atoms with Crippen LogP contribution in [0.5, 0.6) is 5.75 Å². The molecule has 0 aliphatic carbocycles. The highest BCUT2D eigenvalue weighted by molar-refractivity contribution is 6.02. The Balaban J connectivity index is 1.15. The number of H-pyrrole nitrogens is 1. The molecule has 170 valence electrons. The Morgan fingerprint density at radius 2 is 1.91 bits per heavy atom. The number of rotatable bonds is 2. The van der Waals surface area contributed by atoms with E-state index in [0.29, 0.717) is 37.4 Å². The molecule has 0 radical (unpaired) electrons. The molecule has 2 amide bonds. The van der Waals surface area contributed by atoms with Crippen LogP contribution in [0.4, 0.5) is 5.69 Å². The molecule has 0 unspecified atom stereocenters. The molecule has 0 bridgehead atoms. The van der Waals surface area contributed by atoms with Crippen molar-refractivity contribution < 1.29 is 19.1 Å². The van der Waals surface area contributed by atoms with E-state index in [1.54, 1.807) is 7.11 Å². The minimum absolute atomic E-state index is 0.00857. The first-order valence-corrected chi connectivity index (χ1v) is 11.3. The molecule has 6 rings (SSSR count). The lowest BCUT2D eigenvalue weighted by molar-refractivity contribution is -0.0394. The van der Waals surface area contributed by atoms with Gasteiger partial charge in [0, 0.05) is 42.2 Å². The molecular formula is C25H26N4O4. The number of hydrogen-bond donors (Lipinski definition) is 3. The summed E-state index contributed by atoms with van der Waals surface area (Å²) < 4.78 is 11.6. The maximum atomic E-state index is 13.2. The molecule has 4 heterocycles. The van der Waals surface area contributed by atoms with Crippen molar-refractivity contribution in [3.8, 4) is 5.75 Å². The van der Waals surface area contributed by atoms with Gasteiger partial charge in [-0.2, -0.15) is 0 Å². The number of amides is 2. The van der Waals surface area contributed by atoms with Gasteiger partial charge >= 0.3 is 0 Å². The molecule has 2 spiro atoms. The summed E-state index contributed by atoms with van der Waals surface area (Å²) in [5, 5.41) is 7.62. The van der Waals surface area contributed by atoms with E-state index in [1.165, 1.54) is 0 Å². The highest BCUT2D eigenvalue weighted by Crippen LogP contribution is 2.43. The smallest absolute Gasteiger partial charge is 0.270 e. The van der Waals surface area contributed by atoms with Gasteiger partial charge in [-0.3, -0.25) is 9.59 Å². The van der Waals surface area contributed by atoms with Crippen molar-refractivity contribution in [1.82, 2.24) is 15.2 Å². The monoisotopic (exact) mass is 446 g/mol. The Hall–Kier alpha value is -3.52. The lowest BCUT2D eigenvalue weighted by Gasteiger charge is -2.41. The standard InChI is InChI=1S/C25H26N4O4/c1-32-17-7-6-16-12-21(26-20(16)13-17)23(31)29-10-8-24(9-11-29)14-25(15-33-24)27-19-5-3-2-4-18(19)22(30)28-25/h2-7,12-13,26-27H,8-11,14-15H2,1H3,(H,28,30)/t25-/m1/s1. The molecule has 1 atom stereocenters. The summed E-state index contributed by atoms with van der Waals surface area (Å²) >= 11 is 0. The van der Waals surface area contributed by atoms with Crippen molar-refractivity contribution in [3.05, 3.63) is 59.8 Å². The Labute approximate surface area is 191 Å². The molecule has 3 aliphatic heterocycles. The molecule has 2 fully saturated rings. The summed E-state index contributed by atoms with van der Waals surface area (Å²) in [5.41, 5.74) is 2.00. The van der Waals surface area contributed by atoms with Crippen LogP contribution in [-0.4, -0.2) is 59.8 Å². The van der Waals surface area contributed by atoms with E-state index >= 15 is 0 Å². The van der Waals surface area contributed by atoms with E-state index in [4.69, 9.17) is 9.47 Å². The molecule has 0 saturated carbocycles. The van der Waals surface area contributed by atoms with Gasteiger partial charge in [0.1, 0.15) is 17.1 Å². The van der Waals surface area contributed by atoms with Gasteiger partial charge < -0.3 is 30.0 Å². The molecule has 2 aromatic carbocycles. The van der Waals surface area contributed by atoms with Gasteiger partial charge in [-0.15, -0.1) is 0 Å². The second-order valence-electron chi connectivity index (χ2n) is 9.28. The van der Waals surface area contributed by atoms with Gasteiger partial charge in [0.2, 0.25) is 0 Å². The van der Waals surface area contributed by atoms with Crippen molar-refractivity contribution >= 4 is 28.4 Å². The number of ether oxygens (including phenoxy) is 2. The Bertz CT molecular complexity index is 1260. The molecule has 33 heavy (non-hydrogen) atoms. The maximum absolute atomic E-state index is 13.2. The van der Waals surface area contributed by atoms with Crippen molar-refractivity contribution in [1.29, 1.82) is 0 Å². The zero-order valence-electron chi connectivity index (χ0n) is 18.4. The van der Waals surface area contributed by atoms with Crippen molar-refractivity contribution in [3.63, 3.8) is 0 Å². The molecule has 2 saturated heterocycles. The highest BCUT2D eigenvalue weighted by atomic mass is 16.5. The van der Waals surface area contributed by atoms with E-state index in [2.05, 4.69) is 15.6 Å². The summed E-state index contributed by atoms with van der Waals surface area (Å²) in [4.78, 5) is 30.9. The number of carbonyl (C=O) groups is 2. The maximum Gasteiger partial charge on any atom is 0.270 e. The number of aromatic amines is 1. The minimum atomic E-state index is -0.603. The van der Waals surface area contributed by atoms with Crippen LogP contribution in [0.1, 0.15) is 40.1 Å². The number of para-hydroxylation sites is 1. The van der Waals surface area contributed by atoms with Crippen LogP contribution in [0.3, 0.4) is 0 Å². The number of piperidine rings is 1. The molecule has 8 heteroatoms. The third kappa shape index (κ3) is 3.33. The summed E-state index contributed by atoms with van der Waals surface area (Å²) in [6.45, 7) is 1.63. The van der Waals surface area contributed by atoms with Gasteiger partial charge in [-0.1, -0.05) is 12.1 Å². The van der Waals surface area contributed by atoms with Gasteiger partial charge in [-0.25, -0.2) is 0 Å². The van der Waals surface area contributed by atoms with Crippen LogP contribution in [0.15, 0.2) is 48.5 Å². The first-order valence-electron chi connectivity index (χ1n) is 11.3. The largest absolute Gasteiger partial charge is 0.497 e. The number of hydrogen-bond acceptors (Lipinski definition) is 5. The Morgan fingerprint density at radius 3 is 2.73 bits per heavy atom. The fourth-order valence-corrected chi connectivity index (χ4v) is 5.41. The fourth-order valence-electron chi connectivity index (χ4n) is 5.41. The van der Waals surface area contributed by atoms with Crippen molar-refractivity contribution in [2.75, 3.05) is 32.1 Å². The number of benzene rings is 2. The number of nitrogens with one attached hydrogen (secondary N) is 3. The number of fused-ring (bicyclic) bond motifs is 2. The van der Waals surface area contributed by atoms with Crippen molar-refractivity contribution in [2.45, 2.75) is 30.5 Å². The molecule has 3 aliphatic rings. The predicted octanol–water partition coefficient (Wildman–Crippen LogP) is 3.12. The normalized spacial score (nSPS) is 23.4. The van der Waals surface area contributed by atoms with Crippen LogP contribution in [0.2, 0.25) is 0 Å². The van der Waals surface area contributed by atoms with E-state index < -0.39 is 5.66 Å². The van der Waals surface area contributed by atoms with Crippen LogP contribution < -0.4 is 15.4 Å². The number of likely N-dealkylation sites (tertiary alicyclic amines) is 1. The number of aromatic nitrogens is 1. The van der Waals surface area contributed by atoms with E-state index in [-0.39, 0.29) is 17.4 Å². The van der Waals surface area contributed by atoms with E-state index in [9.17, 15) is 9.59 Å². The van der Waals surface area contributed by atoms with Crippen LogP contribution >= 0.6 is 0 Å². The fraction of sp³-hybridized carbons (Fsp3) is 0.360. The number of carbonyl (C=O) groups excluding carboxylic acids is 2. The minimum Gasteiger partial charge on any atom is -0.497 e. The summed E-state index contributed by atoms with van der Waals surface area (Å²) in [5.74, 6) is 0.667. The first-order chi connectivity index (χ1) is 16.0. The van der Waals surface area contributed by atoms with Gasteiger partial charge in [0.25, 0.3) is 11.8 Å². The average Bonchev–Trinajstić information content (AvgIpc) is 3.40. The predicted molar refractivity (Wildman–Crippen MR) is 124 cm³/mol. The lowest BCUT2D eigenvalue weighted by Crippen LogP contribution is -2.59. The van der Waals surface area contributed by atoms with Gasteiger partial charge in [-0.05, 0) is 43.2 Å². The van der Waals surface area contributed by atoms with Crippen LogP contribution in [0.25, 0.3) is 10.9 Å². The van der Waals surface area contributed by atoms with Crippen LogP contribution in [-0.2, 0) is 4.74 Å². The van der Waals surface area contributed by atoms with Crippen LogP contribution in [0, 0.1) is 0 Å². The molecule has 1 aromatic heterocycles. The topological polar surface area (TPSA) is 95.7 Å². The SMILES string of the molecule is COc1ccc2cc(C(=O)N3CCC4(CC3)C[C@]3(CO4)NC(=O)c4ccccc4N3)[nH]c2c1. The third-order valence-electron chi connectivity index (χ3n) is 7.17. The molecule has 3 N–H and O–H groups in total. The molecular weight excluding hydrogens is 420 g/mol. The number of anilines is 1. The third-order valence-corrected chi connectivity index (χ3v) is 7.17. The van der Waals surface area contributed by atoms with Gasteiger partial charge in [0.05, 0.1) is 24.9 Å². The van der Waals surface area contributed by atoms with Crippen molar-refractivity contribution in [2.24, 2.45) is 0 Å². The quantitative estimate of drug-likeness (QED) is 0.562. The lowest BCUT2D eigenvalue weighted by atomic mass is 9.84. The molecule has 8 nitrogen and oxygen atoms in total. The number of methoxy groups -OCH3 is 1. The second-order valence-corrected chi connectivity index (χ2v) is 9.28. The Kier molecular flexibility index (Phi) is 4.42.